The maximum atomic E-state index is 11.6. The van der Waals surface area contributed by atoms with Crippen molar-refractivity contribution in [3.63, 3.8) is 0 Å². The summed E-state index contributed by atoms with van der Waals surface area (Å²) in [6.07, 6.45) is 3.20. The lowest BCUT2D eigenvalue weighted by atomic mass is 10.3. The van der Waals surface area contributed by atoms with E-state index in [2.05, 4.69) is 10.2 Å². The molecule has 100 valence electrons. The number of aromatic carboxylic acids is 1. The highest BCUT2D eigenvalue weighted by Crippen LogP contribution is 2.36. The van der Waals surface area contributed by atoms with Crippen LogP contribution in [0.1, 0.15) is 35.0 Å². The van der Waals surface area contributed by atoms with Crippen LogP contribution in [0.2, 0.25) is 0 Å². The first-order valence-corrected chi connectivity index (χ1v) is 6.74. The van der Waals surface area contributed by atoms with Crippen molar-refractivity contribution in [2.75, 3.05) is 0 Å². The number of aromatic nitrogens is 3. The molecule has 2 aromatic rings. The number of carbonyl (C=O) groups is 1. The Labute approximate surface area is 111 Å². The number of carboxylic acids is 1. The van der Waals surface area contributed by atoms with Gasteiger partial charge in [0, 0.05) is 6.04 Å². The van der Waals surface area contributed by atoms with E-state index in [-0.39, 0.29) is 17.3 Å². The van der Waals surface area contributed by atoms with Gasteiger partial charge in [-0.15, -0.1) is 5.10 Å². The van der Waals surface area contributed by atoms with Crippen molar-refractivity contribution < 1.29 is 14.3 Å². The van der Waals surface area contributed by atoms with Crippen LogP contribution < -0.4 is 5.69 Å². The Morgan fingerprint density at radius 2 is 2.42 bits per heavy atom. The van der Waals surface area contributed by atoms with Gasteiger partial charge < -0.3 is 9.52 Å². The molecular weight excluding hydrogens is 270 g/mol. The topological polar surface area (TPSA) is 101 Å². The van der Waals surface area contributed by atoms with Gasteiger partial charge in [-0.25, -0.2) is 14.7 Å². The molecular formula is C11H11N3O4S. The van der Waals surface area contributed by atoms with Gasteiger partial charge in [-0.2, -0.15) is 0 Å². The van der Waals surface area contributed by atoms with Crippen LogP contribution in [-0.2, 0) is 5.75 Å². The summed E-state index contributed by atoms with van der Waals surface area (Å²) in [5.74, 6) is -0.0422. The average Bonchev–Trinajstić information content (AvgIpc) is 2.97. The van der Waals surface area contributed by atoms with E-state index >= 15 is 0 Å². The Kier molecular flexibility index (Phi) is 2.94. The van der Waals surface area contributed by atoms with E-state index in [4.69, 9.17) is 9.52 Å². The molecule has 0 unspecified atom stereocenters. The molecule has 0 saturated heterocycles. The van der Waals surface area contributed by atoms with Gasteiger partial charge in [0.05, 0.1) is 11.3 Å². The van der Waals surface area contributed by atoms with Crippen molar-refractivity contribution >= 4 is 17.7 Å². The minimum atomic E-state index is -1.02. The van der Waals surface area contributed by atoms with Gasteiger partial charge in [0.1, 0.15) is 12.0 Å². The Morgan fingerprint density at radius 1 is 1.63 bits per heavy atom. The number of aromatic amines is 1. The third-order valence-electron chi connectivity index (χ3n) is 2.83. The Hall–Kier alpha value is -1.96. The molecule has 0 atom stereocenters. The molecule has 1 fully saturated rings. The van der Waals surface area contributed by atoms with E-state index in [0.717, 1.165) is 12.8 Å². The van der Waals surface area contributed by atoms with Crippen LogP contribution in [0.25, 0.3) is 0 Å². The van der Waals surface area contributed by atoms with Crippen LogP contribution in [0, 0.1) is 0 Å². The summed E-state index contributed by atoms with van der Waals surface area (Å²) >= 11 is 1.35. The Balaban J connectivity index is 1.72. The molecule has 7 nitrogen and oxygen atoms in total. The highest BCUT2D eigenvalue weighted by Gasteiger charge is 2.28. The number of furan rings is 1. The summed E-state index contributed by atoms with van der Waals surface area (Å²) in [4.78, 5) is 22.3. The maximum Gasteiger partial charge on any atom is 0.344 e. The molecule has 2 heterocycles. The van der Waals surface area contributed by atoms with Crippen molar-refractivity contribution in [1.82, 2.24) is 14.8 Å². The monoisotopic (exact) mass is 281 g/mol. The smallest absolute Gasteiger partial charge is 0.344 e. The lowest BCUT2D eigenvalue weighted by Gasteiger charge is -2.01. The molecule has 0 amide bonds. The molecule has 0 aliphatic heterocycles. The highest BCUT2D eigenvalue weighted by molar-refractivity contribution is 7.98. The molecule has 1 aliphatic carbocycles. The highest BCUT2D eigenvalue weighted by atomic mass is 32.2. The summed E-state index contributed by atoms with van der Waals surface area (Å²) in [6, 6.07) is 1.72. The number of rotatable bonds is 5. The van der Waals surface area contributed by atoms with Crippen molar-refractivity contribution in [2.45, 2.75) is 29.8 Å². The van der Waals surface area contributed by atoms with Gasteiger partial charge in [-0.05, 0) is 18.9 Å². The van der Waals surface area contributed by atoms with Crippen LogP contribution in [0.3, 0.4) is 0 Å². The summed E-state index contributed by atoms with van der Waals surface area (Å²) in [7, 11) is 0. The normalized spacial score (nSPS) is 14.7. The molecule has 0 spiro atoms. The number of nitrogens with one attached hydrogen (secondary N) is 1. The second kappa shape index (κ2) is 4.61. The van der Waals surface area contributed by atoms with Crippen molar-refractivity contribution in [2.24, 2.45) is 0 Å². The molecule has 0 bridgehead atoms. The fourth-order valence-corrected chi connectivity index (χ4v) is 2.65. The predicted molar refractivity (Wildman–Crippen MR) is 66.3 cm³/mol. The van der Waals surface area contributed by atoms with E-state index in [1.807, 2.05) is 0 Å². The number of H-pyrrole nitrogens is 1. The largest absolute Gasteiger partial charge is 0.478 e. The summed E-state index contributed by atoms with van der Waals surface area (Å²) in [6.45, 7) is 0. The van der Waals surface area contributed by atoms with Crippen LogP contribution in [0.15, 0.2) is 26.7 Å². The third kappa shape index (κ3) is 2.43. The lowest BCUT2D eigenvalue weighted by molar-refractivity contribution is 0.0696. The second-order valence-corrected chi connectivity index (χ2v) is 5.25. The van der Waals surface area contributed by atoms with Gasteiger partial charge in [-0.1, -0.05) is 11.8 Å². The minimum absolute atomic E-state index is 0.122. The fraction of sp³-hybridized carbons (Fsp3) is 0.364. The standard InChI is InChI=1S/C11H11N3O4S/c15-9(16)6-3-8(18-4-6)5-19-11-13-12-10(17)14(11)7-1-2-7/h3-4,7H,1-2,5H2,(H,12,17)(H,15,16). The molecule has 19 heavy (non-hydrogen) atoms. The SMILES string of the molecule is O=C(O)c1coc(CSc2n[nH]c(=O)n2C2CC2)c1. The Morgan fingerprint density at radius 3 is 3.05 bits per heavy atom. The van der Waals surface area contributed by atoms with Crippen molar-refractivity contribution in [3.05, 3.63) is 34.1 Å². The Bertz CT molecular complexity index is 668. The van der Waals surface area contributed by atoms with E-state index < -0.39 is 5.97 Å². The number of hydrogen-bond donors (Lipinski definition) is 2. The van der Waals surface area contributed by atoms with Crippen LogP contribution in [0.4, 0.5) is 0 Å². The summed E-state index contributed by atoms with van der Waals surface area (Å²) in [5.41, 5.74) is -0.0760. The van der Waals surface area contributed by atoms with Crippen LogP contribution in [-0.4, -0.2) is 25.8 Å². The van der Waals surface area contributed by atoms with Crippen LogP contribution in [0.5, 0.6) is 0 Å². The number of hydrogen-bond acceptors (Lipinski definition) is 5. The molecule has 1 saturated carbocycles. The average molecular weight is 281 g/mol. The van der Waals surface area contributed by atoms with E-state index in [0.29, 0.717) is 16.7 Å². The van der Waals surface area contributed by atoms with Gasteiger partial charge in [0.2, 0.25) is 0 Å². The zero-order chi connectivity index (χ0) is 13.4. The molecule has 0 aromatic carbocycles. The zero-order valence-corrected chi connectivity index (χ0v) is 10.6. The number of nitrogens with zero attached hydrogens (tertiary/aromatic N) is 2. The fourth-order valence-electron chi connectivity index (χ4n) is 1.75. The van der Waals surface area contributed by atoms with Crippen molar-refractivity contribution in [3.8, 4) is 0 Å². The predicted octanol–water partition coefficient (Wildman–Crippen LogP) is 1.49. The lowest BCUT2D eigenvalue weighted by Crippen LogP contribution is -2.16. The molecule has 1 aliphatic rings. The van der Waals surface area contributed by atoms with Crippen LogP contribution >= 0.6 is 11.8 Å². The molecule has 2 aromatic heterocycles. The number of carboxylic acid groups (broad SMARTS) is 1. The van der Waals surface area contributed by atoms with Gasteiger partial charge in [0.25, 0.3) is 0 Å². The molecule has 3 rings (SSSR count). The summed E-state index contributed by atoms with van der Waals surface area (Å²) in [5, 5.41) is 15.8. The van der Waals surface area contributed by atoms with E-state index in [1.54, 1.807) is 4.57 Å². The molecule has 8 heteroatoms. The zero-order valence-electron chi connectivity index (χ0n) is 9.83. The number of thioether (sulfide) groups is 1. The quantitative estimate of drug-likeness (QED) is 0.805. The first-order valence-electron chi connectivity index (χ1n) is 5.75. The third-order valence-corrected chi connectivity index (χ3v) is 3.80. The summed E-state index contributed by atoms with van der Waals surface area (Å²) < 4.78 is 6.79. The first kappa shape index (κ1) is 12.1. The minimum Gasteiger partial charge on any atom is -0.478 e. The molecule has 2 N–H and O–H groups in total. The first-order chi connectivity index (χ1) is 9.15. The molecule has 0 radical (unpaired) electrons. The van der Waals surface area contributed by atoms with Gasteiger partial charge >= 0.3 is 11.7 Å². The maximum absolute atomic E-state index is 11.6. The van der Waals surface area contributed by atoms with Crippen molar-refractivity contribution in [1.29, 1.82) is 0 Å². The van der Waals surface area contributed by atoms with Gasteiger partial charge in [0.15, 0.2) is 5.16 Å². The van der Waals surface area contributed by atoms with E-state index in [9.17, 15) is 9.59 Å². The van der Waals surface area contributed by atoms with E-state index in [1.165, 1.54) is 24.1 Å². The second-order valence-electron chi connectivity index (χ2n) is 4.31. The van der Waals surface area contributed by atoms with Gasteiger partial charge in [-0.3, -0.25) is 4.57 Å².